The van der Waals surface area contributed by atoms with Crippen LogP contribution in [0.2, 0.25) is 0 Å². The fraction of sp³-hybridized carbons (Fsp3) is 0.571. The van der Waals surface area contributed by atoms with E-state index >= 15 is 0 Å². The highest BCUT2D eigenvalue weighted by molar-refractivity contribution is 5.54. The zero-order chi connectivity index (χ0) is 12.3. The Bertz CT molecular complexity index is 378. The van der Waals surface area contributed by atoms with E-state index in [4.69, 9.17) is 4.74 Å². The number of methoxy groups -OCH3 is 1. The molecule has 2 rings (SSSR count). The Kier molecular flexibility index (Phi) is 3.89. The summed E-state index contributed by atoms with van der Waals surface area (Å²) in [6, 6.07) is 7.09. The van der Waals surface area contributed by atoms with Gasteiger partial charge in [0.2, 0.25) is 0 Å². The van der Waals surface area contributed by atoms with Gasteiger partial charge in [-0.2, -0.15) is 0 Å². The first-order chi connectivity index (χ1) is 8.24. The highest BCUT2D eigenvalue weighted by Crippen LogP contribution is 2.27. The summed E-state index contributed by atoms with van der Waals surface area (Å²) >= 11 is 0. The van der Waals surface area contributed by atoms with Crippen LogP contribution in [0.5, 0.6) is 5.75 Å². The SMILES string of the molecule is CCNC1CCN(c2ccc(C)c(OC)c2)C1. The number of nitrogens with one attached hydrogen (secondary N) is 1. The van der Waals surface area contributed by atoms with Crippen molar-refractivity contribution < 1.29 is 4.74 Å². The van der Waals surface area contributed by atoms with Crippen molar-refractivity contribution in [2.75, 3.05) is 31.6 Å². The highest BCUT2D eigenvalue weighted by atomic mass is 16.5. The smallest absolute Gasteiger partial charge is 0.123 e. The van der Waals surface area contributed by atoms with Gasteiger partial charge in [-0.05, 0) is 31.5 Å². The normalized spacial score (nSPS) is 19.7. The molecule has 94 valence electrons. The minimum absolute atomic E-state index is 0.632. The summed E-state index contributed by atoms with van der Waals surface area (Å²) in [5.74, 6) is 0.981. The van der Waals surface area contributed by atoms with E-state index in [2.05, 4.69) is 42.3 Å². The third kappa shape index (κ3) is 2.72. The van der Waals surface area contributed by atoms with E-state index in [1.54, 1.807) is 7.11 Å². The molecular formula is C14H22N2O. The summed E-state index contributed by atoms with van der Waals surface area (Å²) in [7, 11) is 1.73. The van der Waals surface area contributed by atoms with Gasteiger partial charge in [-0.25, -0.2) is 0 Å². The molecule has 1 saturated heterocycles. The number of likely N-dealkylation sites (N-methyl/N-ethyl adjacent to an activating group) is 1. The standard InChI is InChI=1S/C14H22N2O/c1-4-15-12-7-8-16(10-12)13-6-5-11(2)14(9-13)17-3/h5-6,9,12,15H,4,7-8,10H2,1-3H3. The summed E-state index contributed by atoms with van der Waals surface area (Å²) in [5.41, 5.74) is 2.46. The molecule has 1 atom stereocenters. The molecule has 1 fully saturated rings. The molecule has 1 aromatic rings. The van der Waals surface area contributed by atoms with Crippen LogP contribution in [0.25, 0.3) is 0 Å². The van der Waals surface area contributed by atoms with E-state index in [9.17, 15) is 0 Å². The summed E-state index contributed by atoms with van der Waals surface area (Å²) in [5, 5.41) is 3.51. The van der Waals surface area contributed by atoms with Crippen LogP contribution in [-0.4, -0.2) is 32.8 Å². The van der Waals surface area contributed by atoms with Gasteiger partial charge in [0.05, 0.1) is 7.11 Å². The molecule has 0 bridgehead atoms. The number of aryl methyl sites for hydroxylation is 1. The van der Waals surface area contributed by atoms with Crippen molar-refractivity contribution in [1.82, 2.24) is 5.32 Å². The molecule has 0 aromatic heterocycles. The van der Waals surface area contributed by atoms with Crippen LogP contribution in [0.4, 0.5) is 5.69 Å². The molecule has 0 radical (unpaired) electrons. The number of anilines is 1. The maximum Gasteiger partial charge on any atom is 0.123 e. The monoisotopic (exact) mass is 234 g/mol. The maximum absolute atomic E-state index is 5.38. The minimum atomic E-state index is 0.632. The molecule has 0 aliphatic carbocycles. The van der Waals surface area contributed by atoms with Crippen molar-refractivity contribution in [2.45, 2.75) is 26.3 Å². The third-order valence-corrected chi connectivity index (χ3v) is 3.44. The lowest BCUT2D eigenvalue weighted by Gasteiger charge is -2.20. The second-order valence-corrected chi connectivity index (χ2v) is 4.64. The molecule has 1 unspecified atom stereocenters. The van der Waals surface area contributed by atoms with Crippen molar-refractivity contribution in [2.24, 2.45) is 0 Å². The van der Waals surface area contributed by atoms with Crippen molar-refractivity contribution in [1.29, 1.82) is 0 Å². The number of hydrogen-bond acceptors (Lipinski definition) is 3. The molecule has 1 aromatic carbocycles. The van der Waals surface area contributed by atoms with Crippen LogP contribution in [-0.2, 0) is 0 Å². The van der Waals surface area contributed by atoms with Gasteiger partial charge >= 0.3 is 0 Å². The first kappa shape index (κ1) is 12.2. The predicted molar refractivity (Wildman–Crippen MR) is 72.0 cm³/mol. The van der Waals surface area contributed by atoms with Crippen molar-refractivity contribution in [3.8, 4) is 5.75 Å². The van der Waals surface area contributed by atoms with Crippen molar-refractivity contribution in [3.05, 3.63) is 23.8 Å². The third-order valence-electron chi connectivity index (χ3n) is 3.44. The Morgan fingerprint density at radius 3 is 3.00 bits per heavy atom. The van der Waals surface area contributed by atoms with Gasteiger partial charge in [0.15, 0.2) is 0 Å². The van der Waals surface area contributed by atoms with Gasteiger partial charge in [0, 0.05) is 30.9 Å². The lowest BCUT2D eigenvalue weighted by molar-refractivity contribution is 0.411. The van der Waals surface area contributed by atoms with Gasteiger partial charge in [-0.15, -0.1) is 0 Å². The molecule has 1 aliphatic heterocycles. The van der Waals surface area contributed by atoms with Gasteiger partial charge in [-0.3, -0.25) is 0 Å². The fourth-order valence-electron chi connectivity index (χ4n) is 2.46. The molecule has 0 spiro atoms. The van der Waals surface area contributed by atoms with E-state index in [0.717, 1.165) is 25.4 Å². The molecule has 0 saturated carbocycles. The first-order valence-corrected chi connectivity index (χ1v) is 6.37. The zero-order valence-corrected chi connectivity index (χ0v) is 11.0. The van der Waals surface area contributed by atoms with Gasteiger partial charge in [0.25, 0.3) is 0 Å². The zero-order valence-electron chi connectivity index (χ0n) is 11.0. The molecule has 3 nitrogen and oxygen atoms in total. The lowest BCUT2D eigenvalue weighted by atomic mass is 10.2. The average molecular weight is 234 g/mol. The summed E-state index contributed by atoms with van der Waals surface area (Å²) < 4.78 is 5.38. The van der Waals surface area contributed by atoms with Gasteiger partial charge in [-0.1, -0.05) is 13.0 Å². The van der Waals surface area contributed by atoms with E-state index in [1.807, 2.05) is 0 Å². The quantitative estimate of drug-likeness (QED) is 0.864. The van der Waals surface area contributed by atoms with Crippen LogP contribution >= 0.6 is 0 Å². The average Bonchev–Trinajstić information content (AvgIpc) is 2.79. The Morgan fingerprint density at radius 1 is 1.47 bits per heavy atom. The second-order valence-electron chi connectivity index (χ2n) is 4.64. The number of benzene rings is 1. The van der Waals surface area contributed by atoms with Gasteiger partial charge < -0.3 is 15.0 Å². The van der Waals surface area contributed by atoms with E-state index in [-0.39, 0.29) is 0 Å². The number of rotatable bonds is 4. The molecule has 1 N–H and O–H groups in total. The lowest BCUT2D eigenvalue weighted by Crippen LogP contribution is -2.32. The van der Waals surface area contributed by atoms with Crippen LogP contribution in [0.15, 0.2) is 18.2 Å². The molecule has 3 heteroatoms. The summed E-state index contributed by atoms with van der Waals surface area (Å²) in [6.45, 7) is 7.52. The number of hydrogen-bond donors (Lipinski definition) is 1. The van der Waals surface area contributed by atoms with E-state index in [1.165, 1.54) is 17.7 Å². The molecule has 17 heavy (non-hydrogen) atoms. The topological polar surface area (TPSA) is 24.5 Å². The minimum Gasteiger partial charge on any atom is -0.496 e. The van der Waals surface area contributed by atoms with Crippen LogP contribution < -0.4 is 15.0 Å². The Morgan fingerprint density at radius 2 is 2.29 bits per heavy atom. The fourth-order valence-corrected chi connectivity index (χ4v) is 2.46. The first-order valence-electron chi connectivity index (χ1n) is 6.37. The molecule has 1 aliphatic rings. The predicted octanol–water partition coefficient (Wildman–Crippen LogP) is 2.19. The summed E-state index contributed by atoms with van der Waals surface area (Å²) in [4.78, 5) is 2.43. The Hall–Kier alpha value is -1.22. The second kappa shape index (κ2) is 5.41. The molecule has 0 amide bonds. The van der Waals surface area contributed by atoms with Crippen molar-refractivity contribution in [3.63, 3.8) is 0 Å². The Balaban J connectivity index is 2.08. The molecular weight excluding hydrogens is 212 g/mol. The highest BCUT2D eigenvalue weighted by Gasteiger charge is 2.22. The van der Waals surface area contributed by atoms with Crippen LogP contribution in [0.1, 0.15) is 18.9 Å². The Labute approximate surface area is 104 Å². The molecule has 1 heterocycles. The largest absolute Gasteiger partial charge is 0.496 e. The number of nitrogens with zero attached hydrogens (tertiary/aromatic N) is 1. The number of ether oxygens (including phenoxy) is 1. The summed E-state index contributed by atoms with van der Waals surface area (Å²) in [6.07, 6.45) is 1.23. The van der Waals surface area contributed by atoms with Crippen LogP contribution in [0, 0.1) is 6.92 Å². The maximum atomic E-state index is 5.38. The van der Waals surface area contributed by atoms with Crippen molar-refractivity contribution >= 4 is 5.69 Å². The van der Waals surface area contributed by atoms with Gasteiger partial charge in [0.1, 0.15) is 5.75 Å². The van der Waals surface area contributed by atoms with E-state index in [0.29, 0.717) is 6.04 Å². The van der Waals surface area contributed by atoms with Crippen LogP contribution in [0.3, 0.4) is 0 Å². The van der Waals surface area contributed by atoms with E-state index < -0.39 is 0 Å².